The van der Waals surface area contributed by atoms with E-state index < -0.39 is 12.6 Å². The molecular weight excluding hydrogens is 636 g/mol. The summed E-state index contributed by atoms with van der Waals surface area (Å²) in [7, 11) is 0. The molecule has 0 saturated carbocycles. The van der Waals surface area contributed by atoms with Crippen LogP contribution in [0.25, 0.3) is 21.1 Å². The Balaban J connectivity index is 1.09. The number of nitrogens with one attached hydrogen (secondary N) is 1. The number of hydrogen-bond donors (Lipinski definition) is 2. The first-order valence-corrected chi connectivity index (χ1v) is 17.9. The third-order valence-electron chi connectivity index (χ3n) is 10.4. The fourth-order valence-corrected chi connectivity index (χ4v) is 8.36. The number of nitrogens with zero attached hydrogens (tertiary/aromatic N) is 7. The number of piperazine rings is 1. The number of piperidine rings is 1. The molecule has 48 heavy (non-hydrogen) atoms. The number of nitriles is 1. The van der Waals surface area contributed by atoms with Crippen LogP contribution in [0.3, 0.4) is 0 Å². The van der Waals surface area contributed by atoms with E-state index in [-0.39, 0.29) is 16.9 Å². The highest BCUT2D eigenvalue weighted by molar-refractivity contribution is 7.18. The number of halogens is 3. The number of hydrogen-bond acceptors (Lipinski definition) is 9. The zero-order valence-corrected chi connectivity index (χ0v) is 29.1. The molecule has 0 amide bonds. The largest absolute Gasteiger partial charge is 0.393 e. The summed E-state index contributed by atoms with van der Waals surface area (Å²) in [4.78, 5) is 16.8. The summed E-state index contributed by atoms with van der Waals surface area (Å²) in [5.74, 6) is 0.555. The van der Waals surface area contributed by atoms with Gasteiger partial charge in [-0.3, -0.25) is 14.7 Å². The van der Waals surface area contributed by atoms with Crippen LogP contribution in [-0.2, 0) is 19.5 Å². The fraction of sp³-hybridized carbons (Fsp3) is 0.571. The maximum absolute atomic E-state index is 13.0. The van der Waals surface area contributed by atoms with Crippen LogP contribution in [0.4, 0.5) is 24.9 Å². The minimum atomic E-state index is -4.28. The molecular formula is C35H46F3N9S. The van der Waals surface area contributed by atoms with Crippen molar-refractivity contribution in [2.24, 2.45) is 0 Å². The van der Waals surface area contributed by atoms with Crippen molar-refractivity contribution in [1.29, 1.82) is 5.26 Å². The lowest BCUT2D eigenvalue weighted by Crippen LogP contribution is -2.52. The third-order valence-corrected chi connectivity index (χ3v) is 11.4. The molecule has 0 radical (unpaired) electrons. The Bertz CT molecular complexity index is 1780. The Kier molecular flexibility index (Phi) is 10.2. The minimum Gasteiger partial charge on any atom is -0.368 e. The Labute approximate surface area is 284 Å². The molecule has 2 atom stereocenters. The molecule has 13 heteroatoms. The monoisotopic (exact) mass is 681 g/mol. The van der Waals surface area contributed by atoms with E-state index in [0.29, 0.717) is 33.8 Å². The van der Waals surface area contributed by atoms with Crippen LogP contribution in [0.5, 0.6) is 0 Å². The van der Waals surface area contributed by atoms with Gasteiger partial charge in [0.25, 0.3) is 0 Å². The van der Waals surface area contributed by atoms with Gasteiger partial charge in [-0.25, -0.2) is 4.98 Å². The number of thiophene rings is 1. The van der Waals surface area contributed by atoms with Crippen molar-refractivity contribution >= 4 is 44.2 Å². The van der Waals surface area contributed by atoms with Crippen molar-refractivity contribution < 1.29 is 13.2 Å². The molecule has 0 bridgehead atoms. The van der Waals surface area contributed by atoms with Crippen LogP contribution < -0.4 is 11.1 Å². The van der Waals surface area contributed by atoms with E-state index in [9.17, 15) is 18.4 Å². The van der Waals surface area contributed by atoms with Crippen LogP contribution >= 0.6 is 11.3 Å². The van der Waals surface area contributed by atoms with Gasteiger partial charge in [0.1, 0.15) is 22.4 Å². The highest BCUT2D eigenvalue weighted by Crippen LogP contribution is 2.34. The van der Waals surface area contributed by atoms with Gasteiger partial charge in [-0.2, -0.15) is 23.4 Å². The summed E-state index contributed by atoms with van der Waals surface area (Å²) in [5.41, 5.74) is 10.2. The number of rotatable bonds is 10. The van der Waals surface area contributed by atoms with Gasteiger partial charge < -0.3 is 15.6 Å². The Morgan fingerprint density at radius 1 is 1.02 bits per heavy atom. The number of nitrogen functional groups attached to an aromatic ring is 1. The predicted molar refractivity (Wildman–Crippen MR) is 187 cm³/mol. The summed E-state index contributed by atoms with van der Waals surface area (Å²) in [6, 6.07) is 11.5. The summed E-state index contributed by atoms with van der Waals surface area (Å²) in [6.45, 7) is 16.6. The maximum atomic E-state index is 13.0. The van der Waals surface area contributed by atoms with Crippen LogP contribution in [0, 0.1) is 18.3 Å². The smallest absolute Gasteiger partial charge is 0.368 e. The normalized spacial score (nSPS) is 18.8. The quantitative estimate of drug-likeness (QED) is 0.199. The fourth-order valence-electron chi connectivity index (χ4n) is 7.29. The van der Waals surface area contributed by atoms with Crippen LogP contribution in [0.2, 0.25) is 0 Å². The first kappa shape index (κ1) is 34.4. The zero-order chi connectivity index (χ0) is 34.2. The summed E-state index contributed by atoms with van der Waals surface area (Å²) in [5, 5.41) is 15.3. The third kappa shape index (κ3) is 7.57. The van der Waals surface area contributed by atoms with Crippen molar-refractivity contribution in [3.63, 3.8) is 0 Å². The number of likely N-dealkylation sites (tertiary alicyclic amines) is 1. The molecule has 1 aromatic carbocycles. The van der Waals surface area contributed by atoms with Gasteiger partial charge in [-0.15, -0.1) is 11.3 Å². The molecule has 2 aliphatic rings. The van der Waals surface area contributed by atoms with Crippen LogP contribution in [-0.4, -0.2) is 92.8 Å². The summed E-state index contributed by atoms with van der Waals surface area (Å²) >= 11 is 1.01. The Hall–Kier alpha value is -3.44. The van der Waals surface area contributed by atoms with Crippen molar-refractivity contribution in [3.05, 3.63) is 46.0 Å². The average molecular weight is 682 g/mol. The van der Waals surface area contributed by atoms with Crippen molar-refractivity contribution in [3.8, 4) is 6.07 Å². The minimum absolute atomic E-state index is 0.0523. The van der Waals surface area contributed by atoms with Gasteiger partial charge in [0.2, 0.25) is 5.95 Å². The highest BCUT2D eigenvalue weighted by atomic mass is 32.1. The lowest BCUT2D eigenvalue weighted by molar-refractivity contribution is -0.126. The van der Waals surface area contributed by atoms with E-state index in [0.717, 1.165) is 87.4 Å². The second-order valence-corrected chi connectivity index (χ2v) is 14.7. The SMILES string of the molecule is CCC(C)N1CCN([C@@H](C)Cn2c(C#N)cc3c(C)c(CN4CCC(Nc5nc(N)nc6sc(CC(F)(F)F)cc56)CC4)ccc32)CC1. The molecule has 9 nitrogen and oxygen atoms in total. The topological polar surface area (TPSA) is 102 Å². The predicted octanol–water partition coefficient (Wildman–Crippen LogP) is 6.39. The van der Waals surface area contributed by atoms with Gasteiger partial charge in [0, 0.05) is 86.3 Å². The number of aryl methyl sites for hydroxylation is 1. The Morgan fingerprint density at radius 3 is 2.35 bits per heavy atom. The number of benzene rings is 1. The van der Waals surface area contributed by atoms with Crippen LogP contribution in [0.15, 0.2) is 24.3 Å². The van der Waals surface area contributed by atoms with Crippen molar-refractivity contribution in [2.45, 2.75) is 90.8 Å². The van der Waals surface area contributed by atoms with E-state index in [4.69, 9.17) is 5.73 Å². The number of anilines is 2. The van der Waals surface area contributed by atoms with Crippen molar-refractivity contribution in [2.75, 3.05) is 50.3 Å². The van der Waals surface area contributed by atoms with Gasteiger partial charge in [0.05, 0.1) is 11.8 Å². The van der Waals surface area contributed by atoms with E-state index >= 15 is 0 Å². The van der Waals surface area contributed by atoms with E-state index in [2.05, 4.69) is 86.5 Å². The molecule has 1 unspecified atom stereocenters. The first-order chi connectivity index (χ1) is 22.9. The number of alkyl halides is 3. The van der Waals surface area contributed by atoms with E-state index in [1.165, 1.54) is 23.6 Å². The molecule has 2 fully saturated rings. The standard InChI is InChI=1S/C35H46F3N9S/c1-5-22(2)45-12-14-46(15-13-45)23(3)20-47-27(19-39)16-29-24(4)25(6-7-31(29)47)21-44-10-8-26(9-11-44)41-32-30-17-28(18-35(36,37)38)48-33(30)43-34(40)42-32/h6-7,16-17,22-23,26H,5,8-15,18,20-21H2,1-4H3,(H3,40,41,42,43)/t22?,23-/m0/s1. The lowest BCUT2D eigenvalue weighted by atomic mass is 10.0. The second kappa shape index (κ2) is 14.2. The second-order valence-electron chi connectivity index (χ2n) is 13.6. The first-order valence-electron chi connectivity index (χ1n) is 17.0. The molecule has 0 aliphatic carbocycles. The summed E-state index contributed by atoms with van der Waals surface area (Å²) in [6.07, 6.45) is -2.37. The number of nitrogens with two attached hydrogens (primary N) is 1. The molecule has 0 spiro atoms. The molecule has 4 aromatic rings. The molecule has 3 aromatic heterocycles. The zero-order valence-electron chi connectivity index (χ0n) is 28.3. The van der Waals surface area contributed by atoms with Gasteiger partial charge in [-0.05, 0) is 69.4 Å². The number of fused-ring (bicyclic) bond motifs is 2. The maximum Gasteiger partial charge on any atom is 0.393 e. The molecule has 6 rings (SSSR count). The summed E-state index contributed by atoms with van der Waals surface area (Å²) < 4.78 is 41.2. The van der Waals surface area contributed by atoms with Crippen molar-refractivity contribution in [1.82, 2.24) is 29.2 Å². The van der Waals surface area contributed by atoms with Gasteiger partial charge in [-0.1, -0.05) is 13.0 Å². The lowest BCUT2D eigenvalue weighted by Gasteiger charge is -2.40. The number of aromatic nitrogens is 3. The Morgan fingerprint density at radius 2 is 1.71 bits per heavy atom. The van der Waals surface area contributed by atoms with Gasteiger partial charge >= 0.3 is 6.18 Å². The van der Waals surface area contributed by atoms with Crippen LogP contribution in [0.1, 0.15) is 61.7 Å². The molecule has 2 saturated heterocycles. The molecule has 2 aliphatic heterocycles. The molecule has 258 valence electrons. The van der Waals surface area contributed by atoms with E-state index in [1.54, 1.807) is 0 Å². The average Bonchev–Trinajstić information content (AvgIpc) is 3.62. The van der Waals surface area contributed by atoms with E-state index in [1.807, 2.05) is 0 Å². The molecule has 3 N–H and O–H groups in total. The highest BCUT2D eigenvalue weighted by Gasteiger charge is 2.30. The van der Waals surface area contributed by atoms with Gasteiger partial charge in [0.15, 0.2) is 0 Å². The molecule has 5 heterocycles.